The predicted molar refractivity (Wildman–Crippen MR) is 119 cm³/mol. The van der Waals surface area contributed by atoms with Crippen molar-refractivity contribution in [2.45, 2.75) is 19.5 Å². The van der Waals surface area contributed by atoms with Gasteiger partial charge in [-0.05, 0) is 18.6 Å². The Kier molecular flexibility index (Phi) is 5.37. The third-order valence-electron chi connectivity index (χ3n) is 5.54. The molecule has 1 atom stereocenters. The Balaban J connectivity index is 1.66. The first-order valence-corrected chi connectivity index (χ1v) is 12.3. The molecule has 1 aromatic carbocycles. The van der Waals surface area contributed by atoms with Gasteiger partial charge in [-0.3, -0.25) is 9.69 Å². The van der Waals surface area contributed by atoms with E-state index in [0.29, 0.717) is 19.6 Å². The van der Waals surface area contributed by atoms with E-state index in [0.717, 1.165) is 32.6 Å². The van der Waals surface area contributed by atoms with Crippen molar-refractivity contribution in [1.29, 1.82) is 0 Å². The number of thiophene rings is 1. The van der Waals surface area contributed by atoms with Crippen molar-refractivity contribution in [3.8, 4) is 11.1 Å². The zero-order valence-electron chi connectivity index (χ0n) is 16.8. The summed E-state index contributed by atoms with van der Waals surface area (Å²) < 4.78 is 27.9. The summed E-state index contributed by atoms with van der Waals surface area (Å²) in [6, 6.07) is 12.2. The fourth-order valence-corrected chi connectivity index (χ4v) is 6.01. The van der Waals surface area contributed by atoms with E-state index in [1.54, 1.807) is 27.3 Å². The summed E-state index contributed by atoms with van der Waals surface area (Å²) in [6.45, 7) is 4.46. The lowest BCUT2D eigenvalue weighted by atomic mass is 10.1. The number of sulfonamides is 1. The van der Waals surface area contributed by atoms with Crippen LogP contribution in [0.1, 0.15) is 11.8 Å². The third-order valence-corrected chi connectivity index (χ3v) is 7.96. The monoisotopic (exact) mass is 431 g/mol. The molecule has 1 aliphatic heterocycles. The number of nitrogens with zero attached hydrogens (tertiary/aromatic N) is 3. The van der Waals surface area contributed by atoms with Gasteiger partial charge >= 0.3 is 0 Å². The number of pyridine rings is 1. The Morgan fingerprint density at radius 1 is 1.17 bits per heavy atom. The highest BCUT2D eigenvalue weighted by Gasteiger charge is 2.29. The van der Waals surface area contributed by atoms with Crippen molar-refractivity contribution >= 4 is 31.4 Å². The molecule has 0 radical (unpaired) electrons. The minimum atomic E-state index is -3.16. The van der Waals surface area contributed by atoms with Crippen LogP contribution in [-0.2, 0) is 23.6 Å². The second-order valence-electron chi connectivity index (χ2n) is 7.72. The number of piperazine rings is 1. The first kappa shape index (κ1) is 20.3. The number of aryl methyl sites for hydroxylation is 1. The summed E-state index contributed by atoms with van der Waals surface area (Å²) in [4.78, 5) is 16.1. The van der Waals surface area contributed by atoms with E-state index in [2.05, 4.69) is 24.0 Å². The molecular weight excluding hydrogens is 406 g/mol. The minimum Gasteiger partial charge on any atom is -0.317 e. The number of rotatable bonds is 4. The lowest BCUT2D eigenvalue weighted by Gasteiger charge is -2.38. The molecule has 2 aromatic heterocycles. The van der Waals surface area contributed by atoms with Crippen LogP contribution in [-0.4, -0.2) is 54.1 Å². The molecular formula is C21H25N3O3S2. The highest BCUT2D eigenvalue weighted by Crippen LogP contribution is 2.34. The smallest absolute Gasteiger partial charge is 0.259 e. The maximum Gasteiger partial charge on any atom is 0.259 e. The van der Waals surface area contributed by atoms with Crippen LogP contribution in [0.4, 0.5) is 0 Å². The molecule has 0 amide bonds. The number of fused-ring (bicyclic) bond motifs is 1. The third kappa shape index (κ3) is 4.02. The van der Waals surface area contributed by atoms with E-state index < -0.39 is 10.0 Å². The quantitative estimate of drug-likeness (QED) is 0.637. The number of hydrogen-bond donors (Lipinski definition) is 0. The minimum absolute atomic E-state index is 0.0112. The van der Waals surface area contributed by atoms with Gasteiger partial charge in [0.05, 0.1) is 11.6 Å². The zero-order valence-corrected chi connectivity index (χ0v) is 18.5. The van der Waals surface area contributed by atoms with Crippen LogP contribution in [0.15, 0.2) is 47.4 Å². The van der Waals surface area contributed by atoms with E-state index in [1.807, 2.05) is 30.5 Å². The summed E-state index contributed by atoms with van der Waals surface area (Å²) in [5.41, 5.74) is 2.17. The zero-order chi connectivity index (χ0) is 20.8. The number of aromatic nitrogens is 1. The molecule has 0 spiro atoms. The summed E-state index contributed by atoms with van der Waals surface area (Å²) in [5.74, 6) is 0. The molecule has 0 saturated carbocycles. The van der Waals surface area contributed by atoms with Gasteiger partial charge in [0.2, 0.25) is 10.0 Å². The van der Waals surface area contributed by atoms with Gasteiger partial charge in [0, 0.05) is 60.6 Å². The van der Waals surface area contributed by atoms with E-state index in [1.165, 1.54) is 6.26 Å². The maximum atomic E-state index is 12.7. The summed E-state index contributed by atoms with van der Waals surface area (Å²) in [5, 5.41) is 0.747. The Morgan fingerprint density at radius 3 is 2.55 bits per heavy atom. The lowest BCUT2D eigenvalue weighted by molar-refractivity contribution is 0.123. The average molecular weight is 432 g/mol. The molecule has 1 unspecified atom stereocenters. The van der Waals surface area contributed by atoms with Crippen LogP contribution in [0.5, 0.6) is 0 Å². The molecule has 1 fully saturated rings. The Hall–Kier alpha value is -2.00. The standard InChI is InChI=1S/C21H25N3O3S2/c1-15-12-24(29(3,26)27)10-9-23(15)13-17-11-18-20(28-17)19(14-22(2)21(18)25)16-7-5-4-6-8-16/h4-8,11,14-15H,9-10,12-13H2,1-3H3. The average Bonchev–Trinajstić information content (AvgIpc) is 3.10. The first-order valence-electron chi connectivity index (χ1n) is 9.60. The van der Waals surface area contributed by atoms with Crippen LogP contribution in [0, 0.1) is 0 Å². The number of hydrogen-bond acceptors (Lipinski definition) is 5. The first-order chi connectivity index (χ1) is 13.7. The normalized spacial score (nSPS) is 19.1. The van der Waals surface area contributed by atoms with Gasteiger partial charge in [0.15, 0.2) is 0 Å². The van der Waals surface area contributed by atoms with Crippen molar-refractivity contribution in [3.63, 3.8) is 0 Å². The van der Waals surface area contributed by atoms with Gasteiger partial charge in [0.25, 0.3) is 5.56 Å². The molecule has 8 heteroatoms. The van der Waals surface area contributed by atoms with Crippen LogP contribution in [0.3, 0.4) is 0 Å². The maximum absolute atomic E-state index is 12.7. The van der Waals surface area contributed by atoms with E-state index in [4.69, 9.17) is 0 Å². The largest absolute Gasteiger partial charge is 0.317 e. The summed E-state index contributed by atoms with van der Waals surface area (Å²) >= 11 is 1.66. The summed E-state index contributed by atoms with van der Waals surface area (Å²) in [6.07, 6.45) is 3.18. The van der Waals surface area contributed by atoms with Gasteiger partial charge in [-0.1, -0.05) is 30.3 Å². The Morgan fingerprint density at radius 2 is 1.90 bits per heavy atom. The van der Waals surface area contributed by atoms with E-state index in [9.17, 15) is 13.2 Å². The molecule has 6 nitrogen and oxygen atoms in total. The molecule has 3 heterocycles. The Bertz CT molecular complexity index is 1200. The number of benzene rings is 1. The molecule has 4 rings (SSSR count). The molecule has 1 aliphatic rings. The highest BCUT2D eigenvalue weighted by molar-refractivity contribution is 7.88. The van der Waals surface area contributed by atoms with Gasteiger partial charge in [-0.15, -0.1) is 11.3 Å². The van der Waals surface area contributed by atoms with Gasteiger partial charge in [0.1, 0.15) is 0 Å². The Labute approximate surface area is 175 Å². The van der Waals surface area contributed by atoms with Gasteiger partial charge in [-0.2, -0.15) is 4.31 Å². The van der Waals surface area contributed by atoms with Crippen molar-refractivity contribution in [2.75, 3.05) is 25.9 Å². The van der Waals surface area contributed by atoms with Crippen LogP contribution < -0.4 is 5.56 Å². The molecule has 0 N–H and O–H groups in total. The van der Waals surface area contributed by atoms with Gasteiger partial charge in [-0.25, -0.2) is 8.42 Å². The van der Waals surface area contributed by atoms with Gasteiger partial charge < -0.3 is 4.57 Å². The molecule has 3 aromatic rings. The van der Waals surface area contributed by atoms with E-state index in [-0.39, 0.29) is 11.6 Å². The highest BCUT2D eigenvalue weighted by atomic mass is 32.2. The van der Waals surface area contributed by atoms with E-state index >= 15 is 0 Å². The van der Waals surface area contributed by atoms with Crippen molar-refractivity contribution in [2.24, 2.45) is 7.05 Å². The fraction of sp³-hybridized carbons (Fsp3) is 0.381. The molecule has 154 valence electrons. The second kappa shape index (κ2) is 7.68. The van der Waals surface area contributed by atoms with Crippen molar-refractivity contribution in [3.05, 3.63) is 57.8 Å². The van der Waals surface area contributed by atoms with Crippen molar-refractivity contribution in [1.82, 2.24) is 13.8 Å². The van der Waals surface area contributed by atoms with Crippen LogP contribution >= 0.6 is 11.3 Å². The fourth-order valence-electron chi connectivity index (χ4n) is 3.90. The molecule has 0 aliphatic carbocycles. The lowest BCUT2D eigenvalue weighted by Crippen LogP contribution is -2.52. The predicted octanol–water partition coefficient (Wildman–Crippen LogP) is 2.73. The topological polar surface area (TPSA) is 62.6 Å². The molecule has 1 saturated heterocycles. The van der Waals surface area contributed by atoms with Crippen LogP contribution in [0.25, 0.3) is 21.2 Å². The molecule has 29 heavy (non-hydrogen) atoms. The van der Waals surface area contributed by atoms with Crippen LogP contribution in [0.2, 0.25) is 0 Å². The van der Waals surface area contributed by atoms with Crippen molar-refractivity contribution < 1.29 is 8.42 Å². The summed E-state index contributed by atoms with van der Waals surface area (Å²) in [7, 11) is -1.37. The SMILES string of the molecule is CC1CN(S(C)(=O)=O)CCN1Cc1cc2c(=O)n(C)cc(-c3ccccc3)c2s1. The molecule has 0 bridgehead atoms. The second-order valence-corrected chi connectivity index (χ2v) is 10.8.